The van der Waals surface area contributed by atoms with E-state index in [0.29, 0.717) is 11.4 Å². The average Bonchev–Trinajstić information content (AvgIpc) is 2.96. The fraction of sp³-hybridized carbons (Fsp3) is 0.235. The lowest BCUT2D eigenvalue weighted by molar-refractivity contribution is -0.121. The van der Waals surface area contributed by atoms with Gasteiger partial charge in [0.05, 0.1) is 24.0 Å². The molecule has 8 heteroatoms. The molecular weight excluding hydrogens is 535 g/mol. The number of hydrogen-bond acceptors (Lipinski definition) is 6. The molecule has 216 valence electrons. The summed E-state index contributed by atoms with van der Waals surface area (Å²) in [5.74, 6) is 0.156. The Hall–Kier alpha value is -4.85. The van der Waals surface area contributed by atoms with Gasteiger partial charge >= 0.3 is 5.97 Å². The number of halogens is 1. The maximum atomic E-state index is 13.6. The number of rotatable bonds is 7. The normalized spacial score (nSPS) is 13.7. The molecule has 0 bridgehead atoms. The van der Waals surface area contributed by atoms with E-state index in [1.54, 1.807) is 30.1 Å². The topological polar surface area (TPSA) is 77.1 Å². The summed E-state index contributed by atoms with van der Waals surface area (Å²) in [4.78, 5) is 27.6. The molecule has 0 aromatic heterocycles. The van der Waals surface area contributed by atoms with E-state index in [0.717, 1.165) is 45.3 Å². The molecule has 0 unspecified atom stereocenters. The monoisotopic (exact) mass is 568 g/mol. The van der Waals surface area contributed by atoms with Gasteiger partial charge in [-0.25, -0.2) is 9.18 Å². The average molecular weight is 569 g/mol. The van der Waals surface area contributed by atoms with Crippen molar-refractivity contribution in [1.82, 2.24) is 0 Å². The maximum absolute atomic E-state index is 13.6. The molecule has 1 aliphatic rings. The number of carbonyl (C=O) groups excluding carboxylic acids is 2. The lowest BCUT2D eigenvalue weighted by Crippen LogP contribution is -2.52. The lowest BCUT2D eigenvalue weighted by Gasteiger charge is -2.39. The third-order valence-corrected chi connectivity index (χ3v) is 7.35. The molecule has 0 spiro atoms. The van der Waals surface area contributed by atoms with Crippen LogP contribution in [0.5, 0.6) is 17.2 Å². The summed E-state index contributed by atoms with van der Waals surface area (Å²) in [5, 5.41) is 3.37. The Morgan fingerprint density at radius 1 is 0.952 bits per heavy atom. The van der Waals surface area contributed by atoms with Gasteiger partial charge in [0.1, 0.15) is 35.2 Å². The number of benzene rings is 4. The Morgan fingerprint density at radius 3 is 2.45 bits per heavy atom. The van der Waals surface area contributed by atoms with Crippen LogP contribution in [0.2, 0.25) is 0 Å². The Morgan fingerprint density at radius 2 is 1.71 bits per heavy atom. The standard InChI is InChI=1S/C34H33FN2O5/c1-20-10-11-21(2)29(16-20)41-19-27-25(14-15-28-31(27)37(5)33(39)34(3,4)36-28)26-13-12-24(18-30(26)40-6)42-32(38)22-8-7-9-23(35)17-22/h7-18,36H,19H2,1-6H3. The highest BCUT2D eigenvalue weighted by molar-refractivity contribution is 6.08. The first-order valence-electron chi connectivity index (χ1n) is 13.6. The maximum Gasteiger partial charge on any atom is 0.343 e. The van der Waals surface area contributed by atoms with Crippen molar-refractivity contribution in [2.45, 2.75) is 39.8 Å². The quantitative estimate of drug-likeness (QED) is 0.190. The Kier molecular flexibility index (Phi) is 7.65. The molecule has 1 N–H and O–H groups in total. The van der Waals surface area contributed by atoms with Gasteiger partial charge in [0, 0.05) is 24.2 Å². The predicted octanol–water partition coefficient (Wildman–Crippen LogP) is 7.08. The Labute approximate surface area is 244 Å². The van der Waals surface area contributed by atoms with Crippen LogP contribution < -0.4 is 24.4 Å². The van der Waals surface area contributed by atoms with Crippen LogP contribution in [-0.2, 0) is 11.4 Å². The summed E-state index contributed by atoms with van der Waals surface area (Å²) in [6, 6.07) is 20.3. The molecule has 7 nitrogen and oxygen atoms in total. The van der Waals surface area contributed by atoms with Crippen molar-refractivity contribution in [3.8, 4) is 28.4 Å². The number of carbonyl (C=O) groups is 2. The smallest absolute Gasteiger partial charge is 0.343 e. The van der Waals surface area contributed by atoms with Crippen molar-refractivity contribution < 1.29 is 28.2 Å². The van der Waals surface area contributed by atoms with E-state index in [2.05, 4.69) is 5.32 Å². The van der Waals surface area contributed by atoms with Crippen molar-refractivity contribution in [2.24, 2.45) is 0 Å². The van der Waals surface area contributed by atoms with Crippen molar-refractivity contribution in [2.75, 3.05) is 24.4 Å². The summed E-state index contributed by atoms with van der Waals surface area (Å²) in [5.41, 5.74) is 5.22. The first-order valence-corrected chi connectivity index (χ1v) is 13.6. The molecule has 0 fully saturated rings. The highest BCUT2D eigenvalue weighted by Crippen LogP contribution is 2.45. The SMILES string of the molecule is COc1cc(OC(=O)c2cccc(F)c2)ccc1-c1ccc2c(c1COc1cc(C)ccc1C)N(C)C(=O)C(C)(C)N2. The second kappa shape index (κ2) is 11.2. The minimum absolute atomic E-state index is 0.0771. The molecule has 1 heterocycles. The van der Waals surface area contributed by atoms with Crippen LogP contribution >= 0.6 is 0 Å². The summed E-state index contributed by atoms with van der Waals surface area (Å²) < 4.78 is 31.2. The third kappa shape index (κ3) is 5.52. The van der Waals surface area contributed by atoms with Crippen LogP contribution in [0.25, 0.3) is 11.1 Å². The first kappa shape index (κ1) is 28.7. The van der Waals surface area contributed by atoms with Gasteiger partial charge in [-0.15, -0.1) is 0 Å². The zero-order chi connectivity index (χ0) is 30.2. The number of likely N-dealkylation sites (N-methyl/N-ethyl adjacent to an activating group) is 1. The molecule has 4 aromatic carbocycles. The number of esters is 1. The highest BCUT2D eigenvalue weighted by Gasteiger charge is 2.38. The van der Waals surface area contributed by atoms with E-state index in [1.165, 1.54) is 25.3 Å². The summed E-state index contributed by atoms with van der Waals surface area (Å²) in [7, 11) is 3.29. The van der Waals surface area contributed by atoms with Crippen LogP contribution in [0.3, 0.4) is 0 Å². The molecule has 1 aliphatic heterocycles. The number of aryl methyl sites for hydroxylation is 2. The van der Waals surface area contributed by atoms with Crippen LogP contribution in [0.4, 0.5) is 15.8 Å². The minimum Gasteiger partial charge on any atom is -0.496 e. The van der Waals surface area contributed by atoms with Crippen LogP contribution in [0.1, 0.15) is 40.9 Å². The van der Waals surface area contributed by atoms with Crippen LogP contribution in [0, 0.1) is 19.7 Å². The summed E-state index contributed by atoms with van der Waals surface area (Å²) >= 11 is 0. The highest BCUT2D eigenvalue weighted by atomic mass is 19.1. The number of anilines is 2. The van der Waals surface area contributed by atoms with Gasteiger partial charge in [-0.3, -0.25) is 4.79 Å². The first-order chi connectivity index (χ1) is 20.0. The van der Waals surface area contributed by atoms with Gasteiger partial charge in [-0.1, -0.05) is 24.3 Å². The van der Waals surface area contributed by atoms with Gasteiger partial charge in [0.2, 0.25) is 0 Å². The third-order valence-electron chi connectivity index (χ3n) is 7.35. The molecule has 42 heavy (non-hydrogen) atoms. The second-order valence-electron chi connectivity index (χ2n) is 10.9. The molecule has 5 rings (SSSR count). The van der Waals surface area contributed by atoms with E-state index in [-0.39, 0.29) is 23.8 Å². The van der Waals surface area contributed by atoms with E-state index in [1.807, 2.05) is 58.0 Å². The number of hydrogen-bond donors (Lipinski definition) is 1. The minimum atomic E-state index is -0.778. The molecular formula is C34H33FN2O5. The van der Waals surface area contributed by atoms with Gasteiger partial charge in [0.25, 0.3) is 5.91 Å². The van der Waals surface area contributed by atoms with Gasteiger partial charge in [0.15, 0.2) is 0 Å². The number of nitrogens with zero attached hydrogens (tertiary/aromatic N) is 1. The van der Waals surface area contributed by atoms with Crippen LogP contribution in [-0.4, -0.2) is 31.6 Å². The number of amides is 1. The molecule has 0 atom stereocenters. The number of fused-ring (bicyclic) bond motifs is 1. The van der Waals surface area contributed by atoms with Crippen molar-refractivity contribution in [1.29, 1.82) is 0 Å². The van der Waals surface area contributed by atoms with Crippen molar-refractivity contribution in [3.05, 3.63) is 101 Å². The van der Waals surface area contributed by atoms with E-state index in [9.17, 15) is 14.0 Å². The predicted molar refractivity (Wildman–Crippen MR) is 161 cm³/mol. The van der Waals surface area contributed by atoms with Crippen molar-refractivity contribution in [3.63, 3.8) is 0 Å². The van der Waals surface area contributed by atoms with E-state index >= 15 is 0 Å². The van der Waals surface area contributed by atoms with Crippen LogP contribution in [0.15, 0.2) is 72.8 Å². The van der Waals surface area contributed by atoms with E-state index in [4.69, 9.17) is 14.2 Å². The lowest BCUT2D eigenvalue weighted by atomic mass is 9.91. The fourth-order valence-electron chi connectivity index (χ4n) is 5.18. The largest absolute Gasteiger partial charge is 0.496 e. The molecule has 4 aromatic rings. The Bertz CT molecular complexity index is 1700. The zero-order valence-corrected chi connectivity index (χ0v) is 24.5. The second-order valence-corrected chi connectivity index (χ2v) is 10.9. The summed E-state index contributed by atoms with van der Waals surface area (Å²) in [6.07, 6.45) is 0. The molecule has 0 saturated heterocycles. The van der Waals surface area contributed by atoms with E-state index < -0.39 is 17.3 Å². The molecule has 0 saturated carbocycles. The molecule has 0 radical (unpaired) electrons. The zero-order valence-electron chi connectivity index (χ0n) is 24.5. The van der Waals surface area contributed by atoms with Gasteiger partial charge < -0.3 is 24.4 Å². The molecule has 1 amide bonds. The number of methoxy groups -OCH3 is 1. The number of ether oxygens (including phenoxy) is 3. The van der Waals surface area contributed by atoms with Gasteiger partial charge in [-0.2, -0.15) is 0 Å². The van der Waals surface area contributed by atoms with Crippen molar-refractivity contribution >= 4 is 23.3 Å². The van der Waals surface area contributed by atoms with Gasteiger partial charge in [-0.05, 0) is 86.8 Å². The molecule has 0 aliphatic carbocycles. The Balaban J connectivity index is 1.57. The fourth-order valence-corrected chi connectivity index (χ4v) is 5.18. The summed E-state index contributed by atoms with van der Waals surface area (Å²) in [6.45, 7) is 7.88. The number of nitrogens with one attached hydrogen (secondary N) is 1.